The van der Waals surface area contributed by atoms with Crippen LogP contribution in [0.25, 0.3) is 0 Å². The fourth-order valence-electron chi connectivity index (χ4n) is 10.7. The molecule has 0 aromatic heterocycles. The Bertz CT molecular complexity index is 749. The number of carbonyl (C=O) groups is 1. The van der Waals surface area contributed by atoms with E-state index in [-0.39, 0.29) is 40.1 Å². The lowest BCUT2D eigenvalue weighted by atomic mass is 9.40. The zero-order valence-electron chi connectivity index (χ0n) is 14.2. The molecule has 2 spiro atoms. The molecule has 0 aromatic rings. The lowest BCUT2D eigenvalue weighted by Gasteiger charge is -2.61. The van der Waals surface area contributed by atoms with Crippen LogP contribution in [0.3, 0.4) is 0 Å². The fraction of sp³-hybridized carbons (Fsp3) is 0.850. The molecular formula is C20H26NO3+. The van der Waals surface area contributed by atoms with Crippen molar-refractivity contribution in [3.63, 3.8) is 0 Å². The van der Waals surface area contributed by atoms with E-state index in [1.54, 1.807) is 4.90 Å². The number of Topliss-reactive ketones (excluding diaryl/α,β-unsaturated/α-hetero) is 1. The van der Waals surface area contributed by atoms with Gasteiger partial charge in [-0.05, 0) is 19.3 Å². The van der Waals surface area contributed by atoms with E-state index < -0.39 is 6.10 Å². The van der Waals surface area contributed by atoms with Gasteiger partial charge in [0, 0.05) is 40.4 Å². The molecule has 9 fully saturated rings. The van der Waals surface area contributed by atoms with Crippen LogP contribution in [0.2, 0.25) is 0 Å². The summed E-state index contributed by atoms with van der Waals surface area (Å²) in [4.78, 5) is 15.2. The maximum absolute atomic E-state index is 13.5. The Labute approximate surface area is 141 Å². The molecule has 12 atom stereocenters. The molecule has 9 bridgehead atoms. The third-order valence-electron chi connectivity index (χ3n) is 10.1. The molecule has 0 radical (unpaired) electrons. The molecule has 0 amide bonds. The normalized spacial score (nSPS) is 73.0. The van der Waals surface area contributed by atoms with Gasteiger partial charge < -0.3 is 15.1 Å². The standard InChI is InChI=1S/C20H25NO3/c1-8-3-19-6-10-15-18(2)4-9(22)5-20(15)16(19)14(24)11(8)13(23)12(19)17(20)21(10)7-18/h9-13,15-17,22-23H,1,3-7H2,2H3/p+1/t9-,10-,11-,12?,13?,15+,16+,17?,18-,19-,20-/m0/s1. The van der Waals surface area contributed by atoms with Gasteiger partial charge in [0.1, 0.15) is 11.8 Å². The van der Waals surface area contributed by atoms with Gasteiger partial charge in [0.2, 0.25) is 0 Å². The van der Waals surface area contributed by atoms with E-state index in [1.165, 1.54) is 0 Å². The van der Waals surface area contributed by atoms with Crippen LogP contribution in [0.5, 0.6) is 0 Å². The van der Waals surface area contributed by atoms with Crippen molar-refractivity contribution in [1.82, 2.24) is 0 Å². The number of hydrogen-bond donors (Lipinski definition) is 3. The molecule has 3 saturated heterocycles. The Morgan fingerprint density at radius 1 is 1.25 bits per heavy atom. The smallest absolute Gasteiger partial charge is 0.147 e. The predicted octanol–water partition coefficient (Wildman–Crippen LogP) is -0.445. The van der Waals surface area contributed by atoms with Crippen molar-refractivity contribution in [2.75, 3.05) is 6.54 Å². The summed E-state index contributed by atoms with van der Waals surface area (Å²) in [7, 11) is 0. The van der Waals surface area contributed by atoms with Gasteiger partial charge in [0.25, 0.3) is 0 Å². The number of nitrogens with one attached hydrogen (secondary N) is 1. The molecule has 9 rings (SSSR count). The van der Waals surface area contributed by atoms with E-state index >= 15 is 0 Å². The van der Waals surface area contributed by atoms with Crippen LogP contribution in [-0.2, 0) is 4.79 Å². The summed E-state index contributed by atoms with van der Waals surface area (Å²) in [5.41, 5.74) is 1.13. The van der Waals surface area contributed by atoms with Crippen molar-refractivity contribution in [2.45, 2.75) is 56.9 Å². The number of ketones is 1. The Balaban J connectivity index is 1.55. The predicted molar refractivity (Wildman–Crippen MR) is 85.0 cm³/mol. The number of aliphatic hydroxyl groups is 2. The van der Waals surface area contributed by atoms with Crippen molar-refractivity contribution in [2.24, 2.45) is 39.9 Å². The summed E-state index contributed by atoms with van der Waals surface area (Å²) >= 11 is 0. The van der Waals surface area contributed by atoms with Crippen LogP contribution in [-0.4, -0.2) is 46.8 Å². The zero-order valence-corrected chi connectivity index (χ0v) is 14.2. The molecule has 3 heterocycles. The molecule has 128 valence electrons. The van der Waals surface area contributed by atoms with Crippen molar-refractivity contribution in [1.29, 1.82) is 0 Å². The third kappa shape index (κ3) is 0.945. The highest BCUT2D eigenvalue weighted by molar-refractivity contribution is 5.92. The van der Waals surface area contributed by atoms with Gasteiger partial charge >= 0.3 is 0 Å². The summed E-state index contributed by atoms with van der Waals surface area (Å²) in [5.74, 6) is 0.913. The first kappa shape index (κ1) is 13.5. The van der Waals surface area contributed by atoms with E-state index in [0.29, 0.717) is 23.8 Å². The van der Waals surface area contributed by atoms with Crippen molar-refractivity contribution >= 4 is 5.78 Å². The quantitative estimate of drug-likeness (QED) is 0.528. The van der Waals surface area contributed by atoms with E-state index in [2.05, 4.69) is 13.5 Å². The highest BCUT2D eigenvalue weighted by atomic mass is 16.3. The number of carbonyl (C=O) groups excluding carboxylic acids is 1. The van der Waals surface area contributed by atoms with Gasteiger partial charge in [-0.1, -0.05) is 19.1 Å². The summed E-state index contributed by atoms with van der Waals surface area (Å²) in [6.45, 7) is 7.71. The minimum Gasteiger partial charge on any atom is -0.393 e. The number of rotatable bonds is 0. The molecule has 4 unspecified atom stereocenters. The topological polar surface area (TPSA) is 62.0 Å². The molecule has 4 nitrogen and oxygen atoms in total. The minimum atomic E-state index is -0.516. The second kappa shape index (κ2) is 3.30. The van der Waals surface area contributed by atoms with Crippen molar-refractivity contribution < 1.29 is 19.9 Å². The van der Waals surface area contributed by atoms with Crippen LogP contribution < -0.4 is 4.90 Å². The Morgan fingerprint density at radius 3 is 2.83 bits per heavy atom. The molecule has 6 aliphatic carbocycles. The van der Waals surface area contributed by atoms with E-state index in [1.807, 2.05) is 0 Å². The Hall–Kier alpha value is -0.710. The van der Waals surface area contributed by atoms with Gasteiger partial charge in [-0.15, -0.1) is 0 Å². The van der Waals surface area contributed by atoms with Gasteiger partial charge in [-0.2, -0.15) is 0 Å². The van der Waals surface area contributed by atoms with Gasteiger partial charge in [-0.3, -0.25) is 4.79 Å². The summed E-state index contributed by atoms with van der Waals surface area (Å²) in [6.07, 6.45) is 2.99. The molecular weight excluding hydrogens is 302 g/mol. The van der Waals surface area contributed by atoms with Crippen molar-refractivity contribution in [3.05, 3.63) is 12.2 Å². The number of hydrogen-bond acceptors (Lipinski definition) is 3. The molecule has 0 aromatic carbocycles. The molecule has 3 N–H and O–H groups in total. The second-order valence-corrected chi connectivity index (χ2v) is 10.7. The van der Waals surface area contributed by atoms with Crippen LogP contribution in [0.4, 0.5) is 0 Å². The van der Waals surface area contributed by atoms with E-state index in [0.717, 1.165) is 37.8 Å². The Kier molecular flexibility index (Phi) is 1.86. The van der Waals surface area contributed by atoms with Gasteiger partial charge in [-0.25, -0.2) is 0 Å². The highest BCUT2D eigenvalue weighted by Crippen LogP contribution is 2.82. The average molecular weight is 328 g/mol. The lowest BCUT2D eigenvalue weighted by Crippen LogP contribution is -3.19. The monoisotopic (exact) mass is 328 g/mol. The molecule has 24 heavy (non-hydrogen) atoms. The number of piperidine rings is 2. The summed E-state index contributed by atoms with van der Waals surface area (Å²) < 4.78 is 0. The van der Waals surface area contributed by atoms with E-state index in [4.69, 9.17) is 0 Å². The summed E-state index contributed by atoms with van der Waals surface area (Å²) in [6, 6.07) is 1.06. The first-order valence-corrected chi connectivity index (χ1v) is 9.78. The Morgan fingerprint density at radius 2 is 2.04 bits per heavy atom. The van der Waals surface area contributed by atoms with E-state index in [9.17, 15) is 15.0 Å². The second-order valence-electron chi connectivity index (χ2n) is 10.7. The zero-order chi connectivity index (χ0) is 16.4. The first-order chi connectivity index (χ1) is 11.4. The van der Waals surface area contributed by atoms with Crippen LogP contribution >= 0.6 is 0 Å². The molecule has 4 heteroatoms. The van der Waals surface area contributed by atoms with Crippen LogP contribution in [0, 0.1) is 39.9 Å². The maximum Gasteiger partial charge on any atom is 0.147 e. The fourth-order valence-corrected chi connectivity index (χ4v) is 10.7. The van der Waals surface area contributed by atoms with Crippen molar-refractivity contribution in [3.8, 4) is 0 Å². The lowest BCUT2D eigenvalue weighted by molar-refractivity contribution is -0.945. The largest absolute Gasteiger partial charge is 0.393 e. The minimum absolute atomic E-state index is 0.0267. The average Bonchev–Trinajstić information content (AvgIpc) is 2.88. The summed E-state index contributed by atoms with van der Waals surface area (Å²) in [5, 5.41) is 21.9. The van der Waals surface area contributed by atoms with Crippen LogP contribution in [0.15, 0.2) is 12.2 Å². The molecule has 3 aliphatic heterocycles. The number of quaternary nitrogens is 1. The number of fused-ring (bicyclic) bond motifs is 1. The number of aliphatic hydroxyl groups excluding tert-OH is 2. The molecule has 6 saturated carbocycles. The van der Waals surface area contributed by atoms with Gasteiger partial charge in [0.15, 0.2) is 0 Å². The SMILES string of the molecule is C=C1C[C@]23C[C@H]4[C@@H]5[C@@]6(C)C[C@H](O)C[C@]57C(C2C(O)[C@H]1C(=O)[C@H]37)[NH+]4C6. The maximum atomic E-state index is 13.5. The van der Waals surface area contributed by atoms with Gasteiger partial charge in [0.05, 0.1) is 30.7 Å². The highest BCUT2D eigenvalue weighted by Gasteiger charge is 2.93. The van der Waals surface area contributed by atoms with Crippen LogP contribution in [0.1, 0.15) is 32.6 Å². The molecule has 9 aliphatic rings. The third-order valence-corrected chi connectivity index (χ3v) is 10.1. The first-order valence-electron chi connectivity index (χ1n) is 9.78.